The topological polar surface area (TPSA) is 272 Å². The molecule has 9 N–H and O–H groups in total. The maximum atomic E-state index is 13.5. The number of esters is 2. The Morgan fingerprint density at radius 1 is 0.780 bits per heavy atom. The lowest BCUT2D eigenvalue weighted by Crippen LogP contribution is -2.62. The molecule has 2 aliphatic rings. The van der Waals surface area contributed by atoms with E-state index in [1.54, 1.807) is 0 Å². The van der Waals surface area contributed by atoms with Gasteiger partial charge in [-0.1, -0.05) is 24.3 Å². The quantitative estimate of drug-likeness (QED) is 0.0791. The molecule has 0 amide bonds. The zero-order chi connectivity index (χ0) is 36.7. The van der Waals surface area contributed by atoms with Crippen LogP contribution in [0.1, 0.15) is 25.0 Å². The van der Waals surface area contributed by atoms with E-state index in [0.717, 1.165) is 6.08 Å². The van der Waals surface area contributed by atoms with Crippen molar-refractivity contribution in [3.63, 3.8) is 0 Å². The lowest BCUT2D eigenvalue weighted by atomic mass is 9.97. The summed E-state index contributed by atoms with van der Waals surface area (Å²) in [4.78, 5) is 26.3. The van der Waals surface area contributed by atoms with Crippen LogP contribution in [-0.4, -0.2) is 144 Å². The van der Waals surface area contributed by atoms with E-state index in [4.69, 9.17) is 28.4 Å². The zero-order valence-corrected chi connectivity index (χ0v) is 27.0. The van der Waals surface area contributed by atoms with Gasteiger partial charge in [0.05, 0.1) is 13.2 Å². The first kappa shape index (κ1) is 39.1. The highest BCUT2D eigenvalue weighted by atomic mass is 16.7. The third-order valence-corrected chi connectivity index (χ3v) is 8.06. The normalized spacial score (nSPS) is 30.8. The molecule has 0 bridgehead atoms. The molecule has 11 atom stereocenters. The van der Waals surface area contributed by atoms with E-state index >= 15 is 0 Å². The summed E-state index contributed by atoms with van der Waals surface area (Å²) in [6, 6.07) is 11.7. The Morgan fingerprint density at radius 2 is 1.32 bits per heavy atom. The SMILES string of the molecule is CC(C)(O[C@@H]1O[C@H](CO)[C@@H](O)[C@H](O)[C@H]1O)[C@H](OC(=O)/C=C\c1ccc(O)cc1)C(=O)OCc1ccc(O[C@@H]2O[C@H](CO)[C@@H](O)[C@H](O)[C@H]2O)cc1. The molecule has 17 nitrogen and oxygen atoms in total. The molecule has 0 spiro atoms. The molecule has 2 aliphatic heterocycles. The Balaban J connectivity index is 1.46. The van der Waals surface area contributed by atoms with Crippen molar-refractivity contribution in [3.05, 3.63) is 65.7 Å². The smallest absolute Gasteiger partial charge is 0.350 e. The number of carbonyl (C=O) groups excluding carboxylic acids is 2. The molecule has 2 fully saturated rings. The minimum absolute atomic E-state index is 0.00981. The van der Waals surface area contributed by atoms with Gasteiger partial charge in [0.15, 0.2) is 6.29 Å². The van der Waals surface area contributed by atoms with E-state index in [2.05, 4.69) is 0 Å². The van der Waals surface area contributed by atoms with Gasteiger partial charge in [-0.2, -0.15) is 0 Å². The fourth-order valence-corrected chi connectivity index (χ4v) is 5.10. The number of ether oxygens (including phenoxy) is 6. The molecule has 2 saturated heterocycles. The minimum atomic E-state index is -1.82. The third kappa shape index (κ3) is 9.53. The maximum absolute atomic E-state index is 13.5. The summed E-state index contributed by atoms with van der Waals surface area (Å²) in [6.07, 6.45) is -15.1. The van der Waals surface area contributed by atoms with Gasteiger partial charge in [0.2, 0.25) is 12.4 Å². The summed E-state index contributed by atoms with van der Waals surface area (Å²) < 4.78 is 33.0. The van der Waals surface area contributed by atoms with Crippen LogP contribution >= 0.6 is 0 Å². The Bertz CT molecular complexity index is 1430. The average Bonchev–Trinajstić information content (AvgIpc) is 3.10. The summed E-state index contributed by atoms with van der Waals surface area (Å²) in [7, 11) is 0. The number of rotatable bonds is 13. The Kier molecular flexibility index (Phi) is 13.3. The van der Waals surface area contributed by atoms with Crippen LogP contribution in [-0.2, 0) is 39.9 Å². The van der Waals surface area contributed by atoms with Crippen molar-refractivity contribution < 1.29 is 84.0 Å². The van der Waals surface area contributed by atoms with Crippen LogP contribution in [0, 0.1) is 0 Å². The first-order valence-corrected chi connectivity index (χ1v) is 15.5. The fraction of sp³-hybridized carbons (Fsp3) is 0.515. The number of hydrogen-bond donors (Lipinski definition) is 9. The number of aliphatic hydroxyl groups is 8. The molecule has 0 aliphatic carbocycles. The van der Waals surface area contributed by atoms with Gasteiger partial charge >= 0.3 is 11.9 Å². The van der Waals surface area contributed by atoms with Gasteiger partial charge in [0, 0.05) is 6.08 Å². The van der Waals surface area contributed by atoms with Crippen LogP contribution in [0.25, 0.3) is 6.08 Å². The predicted molar refractivity (Wildman–Crippen MR) is 167 cm³/mol. The molecule has 4 rings (SSSR count). The predicted octanol–water partition coefficient (Wildman–Crippen LogP) is -2.17. The molecule has 2 heterocycles. The van der Waals surface area contributed by atoms with Crippen LogP contribution < -0.4 is 4.74 Å². The van der Waals surface area contributed by atoms with E-state index < -0.39 is 98.3 Å². The first-order chi connectivity index (χ1) is 23.6. The van der Waals surface area contributed by atoms with Crippen molar-refractivity contribution in [2.45, 2.75) is 93.6 Å². The van der Waals surface area contributed by atoms with E-state index in [9.17, 15) is 55.5 Å². The summed E-state index contributed by atoms with van der Waals surface area (Å²) in [5, 5.41) is 89.4. The Hall–Kier alpha value is -3.72. The highest BCUT2D eigenvalue weighted by molar-refractivity contribution is 5.89. The molecular formula is C33H42O17. The highest BCUT2D eigenvalue weighted by Crippen LogP contribution is 2.30. The number of carbonyl (C=O) groups is 2. The molecule has 50 heavy (non-hydrogen) atoms. The molecule has 2 aromatic carbocycles. The second kappa shape index (κ2) is 17.0. The largest absolute Gasteiger partial charge is 0.508 e. The second-order valence-electron chi connectivity index (χ2n) is 12.2. The van der Waals surface area contributed by atoms with E-state index in [1.807, 2.05) is 0 Å². The van der Waals surface area contributed by atoms with E-state index in [-0.39, 0.29) is 18.1 Å². The summed E-state index contributed by atoms with van der Waals surface area (Å²) >= 11 is 0. The molecule has 17 heteroatoms. The van der Waals surface area contributed by atoms with Crippen molar-refractivity contribution in [1.29, 1.82) is 0 Å². The molecule has 0 saturated carbocycles. The van der Waals surface area contributed by atoms with E-state index in [0.29, 0.717) is 11.1 Å². The summed E-state index contributed by atoms with van der Waals surface area (Å²) in [5.74, 6) is -1.92. The molecular weight excluding hydrogens is 668 g/mol. The zero-order valence-electron chi connectivity index (χ0n) is 27.0. The van der Waals surface area contributed by atoms with E-state index in [1.165, 1.54) is 68.5 Å². The number of aliphatic hydroxyl groups excluding tert-OH is 8. The standard InChI is InChI=1S/C33H42O17/c1-33(2,50-32-28(43)26(41)24(39)21(14-35)48-32)29(49-22(37)12-7-16-3-8-18(36)9-4-16)30(44)45-15-17-5-10-19(11-6-17)46-31-27(42)25(40)23(38)20(13-34)47-31/h3-12,20-21,23-29,31-32,34-36,38-43H,13-15H2,1-2H3/b12-7-/t20-,21-,23-,24-,25+,26+,27-,28-,29-,31-,32+/m1/s1. The van der Waals surface area contributed by atoms with Crippen LogP contribution in [0.4, 0.5) is 0 Å². The second-order valence-corrected chi connectivity index (χ2v) is 12.2. The molecule has 2 aromatic rings. The van der Waals surface area contributed by atoms with Gasteiger partial charge in [-0.15, -0.1) is 0 Å². The number of aromatic hydroxyl groups is 1. The van der Waals surface area contributed by atoms with Crippen molar-refractivity contribution in [2.24, 2.45) is 0 Å². The van der Waals surface area contributed by atoms with Gasteiger partial charge < -0.3 is 74.4 Å². The Morgan fingerprint density at radius 3 is 1.88 bits per heavy atom. The first-order valence-electron chi connectivity index (χ1n) is 15.5. The fourth-order valence-electron chi connectivity index (χ4n) is 5.10. The van der Waals surface area contributed by atoms with Crippen molar-refractivity contribution in [3.8, 4) is 11.5 Å². The van der Waals surface area contributed by atoms with Crippen molar-refractivity contribution >= 4 is 18.0 Å². The molecule has 0 unspecified atom stereocenters. The van der Waals surface area contributed by atoms with Crippen molar-refractivity contribution in [1.82, 2.24) is 0 Å². The van der Waals surface area contributed by atoms with Crippen molar-refractivity contribution in [2.75, 3.05) is 13.2 Å². The molecule has 276 valence electrons. The van der Waals surface area contributed by atoms with Gasteiger partial charge in [-0.25, -0.2) is 9.59 Å². The van der Waals surface area contributed by atoms with Gasteiger partial charge in [-0.05, 0) is 55.3 Å². The van der Waals surface area contributed by atoms with Crippen LogP contribution in [0.2, 0.25) is 0 Å². The van der Waals surface area contributed by atoms with Crippen LogP contribution in [0.15, 0.2) is 54.6 Å². The Labute approximate surface area is 286 Å². The van der Waals surface area contributed by atoms with Gasteiger partial charge in [0.25, 0.3) is 0 Å². The molecule has 0 radical (unpaired) electrons. The summed E-state index contributed by atoms with van der Waals surface area (Å²) in [5.41, 5.74) is -0.866. The third-order valence-electron chi connectivity index (χ3n) is 8.06. The van der Waals surface area contributed by atoms with Crippen LogP contribution in [0.3, 0.4) is 0 Å². The lowest BCUT2D eigenvalue weighted by Gasteiger charge is -2.43. The number of benzene rings is 2. The number of hydrogen-bond acceptors (Lipinski definition) is 17. The monoisotopic (exact) mass is 710 g/mol. The number of phenols is 1. The van der Waals surface area contributed by atoms with Gasteiger partial charge in [0.1, 0.15) is 72.5 Å². The maximum Gasteiger partial charge on any atom is 0.350 e. The van der Waals surface area contributed by atoms with Crippen LogP contribution in [0.5, 0.6) is 11.5 Å². The summed E-state index contributed by atoms with van der Waals surface area (Å²) in [6.45, 7) is 0.919. The number of phenolic OH excluding ortho intramolecular Hbond substituents is 1. The average molecular weight is 711 g/mol. The minimum Gasteiger partial charge on any atom is -0.508 e. The van der Waals surface area contributed by atoms with Gasteiger partial charge in [-0.3, -0.25) is 0 Å². The molecule has 0 aromatic heterocycles. The lowest BCUT2D eigenvalue weighted by molar-refractivity contribution is -0.330. The highest BCUT2D eigenvalue weighted by Gasteiger charge is 2.50.